The van der Waals surface area contributed by atoms with E-state index in [1.165, 1.54) is 38.9 Å². The minimum absolute atomic E-state index is 0. The first-order valence-electron chi connectivity index (χ1n) is 35.6. The number of nitrogens with zero attached hydrogens (tertiary/aromatic N) is 36. The number of rotatable bonds is 14. The molecule has 146 heavy (non-hydrogen) atoms. The summed E-state index contributed by atoms with van der Waals surface area (Å²) in [4.78, 5) is 51.7. The zero-order valence-electron chi connectivity index (χ0n) is 78.1. The molecular weight excluding hydrogens is 2910 g/mol. The normalized spacial score (nSPS) is 6.82. The first-order valence-corrected chi connectivity index (χ1v) is 35.6. The average Bonchev–Trinajstić information content (AvgIpc) is 0.852. The monoisotopic (exact) mass is 3000 g/mol. The molecule has 732 valence electrons. The maximum absolute atomic E-state index is 6.25. The van der Waals surface area contributed by atoms with E-state index in [1.807, 2.05) is 204 Å². The molecule has 12 N–H and O–H groups in total. The van der Waals surface area contributed by atoms with E-state index in [2.05, 4.69) is 92.7 Å². The number of nitrogens with two attached hydrogens (primary N) is 6. The van der Waals surface area contributed by atoms with Crippen LogP contribution in [0.1, 0.15) is 66.8 Å². The molecular formula is C98H82N42Os6. The third-order valence-corrected chi connectivity index (χ3v) is 13.8. The second-order valence-corrected chi connectivity index (χ2v) is 21.5. The molecule has 48 heteroatoms. The fourth-order valence-corrected chi connectivity index (χ4v) is 8.59. The van der Waals surface area contributed by atoms with Crippen molar-refractivity contribution in [1.29, 1.82) is 126 Å². The number of pyridine rings is 12. The summed E-state index contributed by atoms with van der Waals surface area (Å²) in [5, 5.41) is 150. The first kappa shape index (κ1) is 190. The van der Waals surface area contributed by atoms with Crippen molar-refractivity contribution >= 4 is 0 Å². The first-order chi connectivity index (χ1) is 68.8. The van der Waals surface area contributed by atoms with Gasteiger partial charge in [-0.2, -0.15) is 0 Å². The molecule has 42 nitrogen and oxygen atoms in total. The Morgan fingerprint density at radius 1 is 0.158 bits per heavy atom. The molecule has 0 saturated heterocycles. The van der Waals surface area contributed by atoms with Gasteiger partial charge in [-0.25, -0.2) is 0 Å². The van der Waals surface area contributed by atoms with Gasteiger partial charge in [0.15, 0.2) is 0 Å². The van der Waals surface area contributed by atoms with E-state index in [0.717, 1.165) is 109 Å². The summed E-state index contributed by atoms with van der Waals surface area (Å²) in [6.07, 6.45) is 23.5. The molecule has 0 atom stereocenters. The van der Waals surface area contributed by atoms with Gasteiger partial charge in [-0.1, -0.05) is 36.4 Å². The van der Waals surface area contributed by atoms with Crippen molar-refractivity contribution in [1.82, 2.24) is 59.8 Å². The summed E-state index contributed by atoms with van der Waals surface area (Å²) in [5.74, 6) is 0. The van der Waals surface area contributed by atoms with E-state index in [1.54, 1.807) is 24.8 Å². The van der Waals surface area contributed by atoms with E-state index in [4.69, 9.17) is 318 Å². The summed E-state index contributed by atoms with van der Waals surface area (Å²) in [5.41, 5.74) is 57.5. The van der Waals surface area contributed by atoms with Gasteiger partial charge >= 0.3 is 119 Å². The van der Waals surface area contributed by atoms with Gasteiger partial charge in [0.1, 0.15) is 0 Å². The Bertz CT molecular complexity index is 4980. The molecule has 0 spiro atoms. The van der Waals surface area contributed by atoms with E-state index in [9.17, 15) is 0 Å². The molecule has 0 aromatic carbocycles. The zero-order chi connectivity index (χ0) is 113. The van der Waals surface area contributed by atoms with Gasteiger partial charge < -0.3 is 318 Å². The number of aryl methyl sites for hydroxylation is 6. The molecule has 0 bridgehead atoms. The third-order valence-electron chi connectivity index (χ3n) is 13.8. The predicted octanol–water partition coefficient (Wildman–Crippen LogP) is 13.8. The van der Waals surface area contributed by atoms with Crippen molar-refractivity contribution in [3.63, 3.8) is 0 Å². The van der Waals surface area contributed by atoms with Crippen molar-refractivity contribution in [2.24, 2.45) is 34.4 Å². The summed E-state index contributed by atoms with van der Waals surface area (Å²) in [6.45, 7) is 130. The van der Waals surface area contributed by atoms with Gasteiger partial charge in [-0.05, 0) is 243 Å². The molecule has 0 amide bonds. The average molecular weight is 2990 g/mol. The second-order valence-electron chi connectivity index (χ2n) is 21.5. The van der Waals surface area contributed by atoms with Crippen LogP contribution in [0.2, 0.25) is 0 Å². The summed E-state index contributed by atoms with van der Waals surface area (Å²) >= 11 is 0. The summed E-state index contributed by atoms with van der Waals surface area (Å²) in [7, 11) is 0. The van der Waals surface area contributed by atoms with Crippen molar-refractivity contribution in [3.8, 4) is 68.3 Å². The van der Waals surface area contributed by atoms with Crippen LogP contribution in [0, 0.1) is 326 Å². The predicted molar refractivity (Wildman–Crippen MR) is 490 cm³/mol. The van der Waals surface area contributed by atoms with Crippen LogP contribution in [-0.4, -0.2) is 72.9 Å². The molecule has 0 aliphatic rings. The summed E-state index contributed by atoms with van der Waals surface area (Å²) in [6, 6.07) is 47.7. The van der Waals surface area contributed by atoms with E-state index < -0.39 is 0 Å². The Morgan fingerprint density at radius 3 is 0.479 bits per heavy atom. The number of hydrogen-bond donors (Lipinski definition) is 6. The molecule has 0 aliphatic heterocycles. The van der Waals surface area contributed by atoms with Crippen LogP contribution in [-0.2, 0) is 158 Å². The molecule has 0 aliphatic carbocycles. The van der Waals surface area contributed by atoms with Gasteiger partial charge in [0.05, 0.1) is 68.3 Å². The van der Waals surface area contributed by atoms with Gasteiger partial charge in [-0.15, -0.1) is 0 Å². The van der Waals surface area contributed by atoms with Crippen LogP contribution in [0.4, 0.5) is 0 Å². The molecule has 0 saturated carbocycles. The largest absolute Gasteiger partial charge is 4.00 e. The van der Waals surface area contributed by atoms with Gasteiger partial charge in [0, 0.05) is 101 Å². The topological polar surface area (TPSA) is 882 Å². The van der Waals surface area contributed by atoms with Gasteiger partial charge in [-0.3, -0.25) is 59.8 Å². The van der Waals surface area contributed by atoms with Crippen LogP contribution in [0.25, 0.3) is 68.3 Å². The minimum Gasteiger partial charge on any atom is -0.512 e. The molecule has 0 radical (unpaired) electrons. The van der Waals surface area contributed by atoms with Gasteiger partial charge in [0.25, 0.3) is 0 Å². The molecule has 12 rings (SSSR count). The molecule has 0 fully saturated rings. The maximum Gasteiger partial charge on any atom is 4.00 e. The summed E-state index contributed by atoms with van der Waals surface area (Å²) < 4.78 is 0. The standard InChI is InChI=1S/2C13H15N3.2C12H14N4.2C12H12N2.24CN.6Os/c1-10-3-6-15-12(8-10)13-9-11(2-5-14)4-7-16-13;1-10-2-4-12(15-8-10)13-5-3-11(6-7-14)9-16-13;13-7-9-1-3-15-11(5-9)12-6-10(8-14)2-4-16-12;13-5-9-1-3-11(15-7-9)12-4-2-10(6-14)8-16-12;1-9-3-5-13-11(7-9)12-8-10(2)4-6-14-12;1-9-3-5-11(13-7-9)12-6-4-10(2)8-14-12;24*1-2;;;;;;/h3-4,6-9H,2,5,14H2,1H3;2-5,8-9H,6-7,14H2,1H3;1-6H,7-8,13-14H2;1-4,7-8H,5-6,13-14H2;2*3-8H,1-2H3;;;;;;;;;;;;;;;;;;;;;;;;;;;;;;/q;;;;;;24*-1;6*+4. The van der Waals surface area contributed by atoms with Crippen LogP contribution >= 0.6 is 0 Å². The molecule has 0 unspecified atom stereocenters. The van der Waals surface area contributed by atoms with Crippen LogP contribution in [0.15, 0.2) is 220 Å². The Balaban J connectivity index is -0.0000000509. The Kier molecular flexibility index (Phi) is 216. The smallest absolute Gasteiger partial charge is 0.512 e. The van der Waals surface area contributed by atoms with E-state index in [-0.39, 0.29) is 119 Å². The SMILES string of the molecule is Cc1ccc(-c2ccc(C)cn2)nc1.Cc1ccc(-c2ccc(CCN)cn2)nc1.Cc1ccnc(-c2cc(C)ccn2)c1.Cc1ccnc(-c2cc(CCN)ccn2)c1.NCc1ccc(-c2ccc(CN)cn2)nc1.NCc1ccnc(-c2cc(CN)ccn2)c1.[C-]#N.[C-]#N.[C-]#N.[C-]#N.[C-]#N.[C-]#N.[C-]#N.[C-]#N.[C-]#N.[C-]#N.[C-]#N.[C-]#N.[C-]#N.[C-]#N.[C-]#N.[C-]#N.[C-]#N.[C-]#N.[C-]#N.[C-]#N.[C-]#N.[C-]#N.[C-]#N.[C-]#N.[Os+4].[Os+4].[Os+4].[Os+4].[Os+4].[Os+4]. The number of aromatic nitrogens is 12. The molecule has 12 aromatic rings. The van der Waals surface area contributed by atoms with Crippen LogP contribution in [0.5, 0.6) is 0 Å². The fourth-order valence-electron chi connectivity index (χ4n) is 8.59. The van der Waals surface area contributed by atoms with Crippen molar-refractivity contribution in [2.45, 2.75) is 80.6 Å². The Hall–Kier alpha value is -18.9. The van der Waals surface area contributed by atoms with Crippen LogP contribution < -0.4 is 34.4 Å². The third kappa shape index (κ3) is 99.6. The Morgan fingerprint density at radius 2 is 0.315 bits per heavy atom. The molecule has 12 aromatic heterocycles. The quantitative estimate of drug-likeness (QED) is 0.0551. The van der Waals surface area contributed by atoms with E-state index >= 15 is 0 Å². The minimum atomic E-state index is 0. The van der Waals surface area contributed by atoms with Crippen molar-refractivity contribution in [3.05, 3.63) is 444 Å². The number of hydrogen-bond acceptors (Lipinski definition) is 42. The Labute approximate surface area is 937 Å². The fraction of sp³-hybridized carbons (Fsp3) is 0.143. The molecule has 12 heterocycles. The van der Waals surface area contributed by atoms with Gasteiger partial charge in [0.2, 0.25) is 0 Å². The maximum atomic E-state index is 6.25. The van der Waals surface area contributed by atoms with Crippen LogP contribution in [0.3, 0.4) is 0 Å². The van der Waals surface area contributed by atoms with E-state index in [0.29, 0.717) is 39.3 Å². The second kappa shape index (κ2) is 166. The van der Waals surface area contributed by atoms with Crippen molar-refractivity contribution in [2.75, 3.05) is 13.1 Å². The zero-order valence-corrected chi connectivity index (χ0v) is 93.4. The van der Waals surface area contributed by atoms with Crippen molar-refractivity contribution < 1.29 is 119 Å².